The third-order valence-electron chi connectivity index (χ3n) is 4.42. The van der Waals surface area contributed by atoms with E-state index in [1.807, 2.05) is 37.3 Å². The predicted octanol–water partition coefficient (Wildman–Crippen LogP) is 3.71. The lowest BCUT2D eigenvalue weighted by molar-refractivity contribution is -0.130. The summed E-state index contributed by atoms with van der Waals surface area (Å²) in [6.45, 7) is 3.58. The van der Waals surface area contributed by atoms with Crippen molar-refractivity contribution in [2.24, 2.45) is 5.10 Å². The van der Waals surface area contributed by atoms with Crippen LogP contribution in [0.15, 0.2) is 47.6 Å². The highest BCUT2D eigenvalue weighted by Gasteiger charge is 2.33. The summed E-state index contributed by atoms with van der Waals surface area (Å²) in [6.07, 6.45) is 0.644. The summed E-state index contributed by atoms with van der Waals surface area (Å²) in [7, 11) is 3.23. The van der Waals surface area contributed by atoms with Gasteiger partial charge in [0, 0.05) is 25.0 Å². The Balaban J connectivity index is 1.97. The molecule has 0 saturated heterocycles. The largest absolute Gasteiger partial charge is 0.497 e. The quantitative estimate of drug-likeness (QED) is 0.854. The minimum Gasteiger partial charge on any atom is -0.497 e. The molecule has 0 spiro atoms. The fourth-order valence-corrected chi connectivity index (χ4v) is 3.06. The number of hydrogen-bond donors (Lipinski definition) is 0. The summed E-state index contributed by atoms with van der Waals surface area (Å²) in [6, 6.07) is 13.6. The molecule has 5 heteroatoms. The Labute approximate surface area is 147 Å². The van der Waals surface area contributed by atoms with Gasteiger partial charge in [0.1, 0.15) is 11.5 Å². The number of aryl methyl sites for hydroxylation is 1. The molecule has 2 aromatic rings. The first-order chi connectivity index (χ1) is 12.0. The average molecular weight is 338 g/mol. The zero-order valence-corrected chi connectivity index (χ0v) is 14.9. The van der Waals surface area contributed by atoms with E-state index in [9.17, 15) is 4.79 Å². The normalized spacial score (nSPS) is 16.6. The first kappa shape index (κ1) is 17.0. The third-order valence-corrected chi connectivity index (χ3v) is 4.42. The minimum atomic E-state index is -0.186. The fraction of sp³-hybridized carbons (Fsp3) is 0.300. The SMILES string of the molecule is COc1ccc([C@@H]2CC(c3ccc(C)cc3)=NN2C(C)=O)c(OC)c1. The molecule has 3 rings (SSSR count). The van der Waals surface area contributed by atoms with Gasteiger partial charge in [-0.05, 0) is 24.6 Å². The molecule has 0 bridgehead atoms. The Morgan fingerprint density at radius 3 is 2.44 bits per heavy atom. The second-order valence-corrected chi connectivity index (χ2v) is 6.10. The van der Waals surface area contributed by atoms with Crippen molar-refractivity contribution >= 4 is 11.6 Å². The van der Waals surface area contributed by atoms with Crippen molar-refractivity contribution in [2.75, 3.05) is 14.2 Å². The maximum absolute atomic E-state index is 12.1. The van der Waals surface area contributed by atoms with Crippen LogP contribution in [-0.2, 0) is 4.79 Å². The summed E-state index contributed by atoms with van der Waals surface area (Å²) in [5.41, 5.74) is 4.05. The first-order valence-corrected chi connectivity index (χ1v) is 8.19. The molecular formula is C20H22N2O3. The maximum atomic E-state index is 12.1. The van der Waals surface area contributed by atoms with E-state index in [1.54, 1.807) is 19.2 Å². The average Bonchev–Trinajstić information content (AvgIpc) is 3.07. The molecule has 0 saturated carbocycles. The molecule has 0 aromatic heterocycles. The molecule has 0 N–H and O–H groups in total. The van der Waals surface area contributed by atoms with E-state index >= 15 is 0 Å². The second kappa shape index (κ2) is 6.97. The Kier molecular flexibility index (Phi) is 4.74. The van der Waals surface area contributed by atoms with E-state index in [0.717, 1.165) is 16.8 Å². The lowest BCUT2D eigenvalue weighted by Gasteiger charge is -2.22. The zero-order chi connectivity index (χ0) is 18.0. The van der Waals surface area contributed by atoms with E-state index in [1.165, 1.54) is 12.5 Å². The van der Waals surface area contributed by atoms with Crippen molar-refractivity contribution in [2.45, 2.75) is 26.3 Å². The van der Waals surface area contributed by atoms with E-state index < -0.39 is 0 Å². The molecule has 1 aliphatic heterocycles. The molecule has 2 aromatic carbocycles. The molecule has 1 aliphatic rings. The van der Waals surface area contributed by atoms with Crippen LogP contribution in [-0.4, -0.2) is 30.8 Å². The van der Waals surface area contributed by atoms with Crippen molar-refractivity contribution in [3.8, 4) is 11.5 Å². The topological polar surface area (TPSA) is 51.1 Å². The molecule has 0 radical (unpaired) electrons. The summed E-state index contributed by atoms with van der Waals surface area (Å²) >= 11 is 0. The van der Waals surface area contributed by atoms with Gasteiger partial charge in [0.05, 0.1) is 26.0 Å². The molecule has 130 valence electrons. The molecule has 0 aliphatic carbocycles. The van der Waals surface area contributed by atoms with E-state index in [2.05, 4.69) is 17.2 Å². The second-order valence-electron chi connectivity index (χ2n) is 6.10. The van der Waals surface area contributed by atoms with Crippen molar-refractivity contribution in [3.63, 3.8) is 0 Å². The van der Waals surface area contributed by atoms with Crippen LogP contribution < -0.4 is 9.47 Å². The van der Waals surface area contributed by atoms with Crippen molar-refractivity contribution < 1.29 is 14.3 Å². The standard InChI is InChI=1S/C20H22N2O3/c1-13-5-7-15(8-6-13)18-12-19(22(21-18)14(2)23)17-10-9-16(24-3)11-20(17)25-4/h5-11,19H,12H2,1-4H3/t19-/m0/s1. The van der Waals surface area contributed by atoms with Crippen LogP contribution in [0.4, 0.5) is 0 Å². The van der Waals surface area contributed by atoms with E-state index in [4.69, 9.17) is 9.47 Å². The Hall–Kier alpha value is -2.82. The van der Waals surface area contributed by atoms with Gasteiger partial charge in [0.2, 0.25) is 5.91 Å². The first-order valence-electron chi connectivity index (χ1n) is 8.19. The number of nitrogens with zero attached hydrogens (tertiary/aromatic N) is 2. The van der Waals surface area contributed by atoms with Crippen molar-refractivity contribution in [1.29, 1.82) is 0 Å². The van der Waals surface area contributed by atoms with Gasteiger partial charge in [-0.2, -0.15) is 5.10 Å². The number of hydrogen-bond acceptors (Lipinski definition) is 4. The molecule has 0 fully saturated rings. The predicted molar refractivity (Wildman–Crippen MR) is 97.1 cm³/mol. The van der Waals surface area contributed by atoms with Crippen LogP contribution in [0.25, 0.3) is 0 Å². The Morgan fingerprint density at radius 1 is 1.12 bits per heavy atom. The number of methoxy groups -OCH3 is 2. The highest BCUT2D eigenvalue weighted by Crippen LogP contribution is 2.39. The molecule has 1 heterocycles. The lowest BCUT2D eigenvalue weighted by atomic mass is 9.97. The third kappa shape index (κ3) is 3.36. The van der Waals surface area contributed by atoms with Gasteiger partial charge in [-0.3, -0.25) is 4.79 Å². The van der Waals surface area contributed by atoms with Gasteiger partial charge in [0.15, 0.2) is 0 Å². The van der Waals surface area contributed by atoms with Crippen LogP contribution in [0, 0.1) is 6.92 Å². The number of carbonyl (C=O) groups is 1. The number of hydrazone groups is 1. The maximum Gasteiger partial charge on any atom is 0.240 e. The number of carbonyl (C=O) groups excluding carboxylic acids is 1. The number of amides is 1. The van der Waals surface area contributed by atoms with Crippen LogP contribution in [0.3, 0.4) is 0 Å². The van der Waals surface area contributed by atoms with Crippen LogP contribution in [0.5, 0.6) is 11.5 Å². The molecule has 25 heavy (non-hydrogen) atoms. The molecule has 1 amide bonds. The van der Waals surface area contributed by atoms with Gasteiger partial charge >= 0.3 is 0 Å². The Morgan fingerprint density at radius 2 is 1.84 bits per heavy atom. The van der Waals surface area contributed by atoms with Gasteiger partial charge < -0.3 is 9.47 Å². The zero-order valence-electron chi connectivity index (χ0n) is 14.9. The van der Waals surface area contributed by atoms with Crippen LogP contribution in [0.2, 0.25) is 0 Å². The monoisotopic (exact) mass is 338 g/mol. The van der Waals surface area contributed by atoms with Crippen molar-refractivity contribution in [1.82, 2.24) is 5.01 Å². The number of rotatable bonds is 4. The summed E-state index contributed by atoms with van der Waals surface area (Å²) in [4.78, 5) is 12.1. The lowest BCUT2D eigenvalue weighted by Crippen LogP contribution is -2.24. The number of ether oxygens (including phenoxy) is 2. The van der Waals surface area contributed by atoms with Gasteiger partial charge in [-0.25, -0.2) is 5.01 Å². The summed E-state index contributed by atoms with van der Waals surface area (Å²) < 4.78 is 10.8. The summed E-state index contributed by atoms with van der Waals surface area (Å²) in [5, 5.41) is 6.12. The fourth-order valence-electron chi connectivity index (χ4n) is 3.06. The smallest absolute Gasteiger partial charge is 0.240 e. The molecule has 0 unspecified atom stereocenters. The van der Waals surface area contributed by atoms with E-state index in [-0.39, 0.29) is 11.9 Å². The molecule has 1 atom stereocenters. The van der Waals surface area contributed by atoms with Gasteiger partial charge in [-0.15, -0.1) is 0 Å². The van der Waals surface area contributed by atoms with Crippen LogP contribution >= 0.6 is 0 Å². The molecular weight excluding hydrogens is 316 g/mol. The minimum absolute atomic E-state index is 0.0926. The highest BCUT2D eigenvalue weighted by atomic mass is 16.5. The molecule has 5 nitrogen and oxygen atoms in total. The Bertz CT molecular complexity index is 812. The van der Waals surface area contributed by atoms with Gasteiger partial charge in [0.25, 0.3) is 0 Å². The van der Waals surface area contributed by atoms with Gasteiger partial charge in [-0.1, -0.05) is 29.8 Å². The highest BCUT2D eigenvalue weighted by molar-refractivity contribution is 6.03. The van der Waals surface area contributed by atoms with E-state index in [0.29, 0.717) is 17.9 Å². The van der Waals surface area contributed by atoms with Crippen LogP contribution in [0.1, 0.15) is 36.1 Å². The number of benzene rings is 2. The summed E-state index contributed by atoms with van der Waals surface area (Å²) in [5.74, 6) is 1.31. The van der Waals surface area contributed by atoms with Crippen molar-refractivity contribution in [3.05, 3.63) is 59.2 Å².